The molecule has 164 valence electrons. The first-order valence-electron chi connectivity index (χ1n) is 10.8. The highest BCUT2D eigenvalue weighted by Gasteiger charge is 2.24. The average molecular weight is 430 g/mol. The van der Waals surface area contributed by atoms with Crippen LogP contribution in [-0.2, 0) is 0 Å². The molecule has 3 aliphatic rings. The minimum atomic E-state index is -0.228. The standard InChI is InChI=1S/C24H27N7O/c1-29(2)17-9-7-16(8-10-17)22-20-15-19-18(23(20)27-26-22)5-4-6-21(19)25-24(32)28-31-13-11-30(3)12-14-31/h4-10,15H,11-14H2,1-3H3,(H2,25,28,32). The Labute approximate surface area is 187 Å². The molecule has 0 unspecified atom stereocenters. The van der Waals surface area contributed by atoms with Crippen LogP contribution in [0.2, 0.25) is 0 Å². The zero-order chi connectivity index (χ0) is 22.2. The summed E-state index contributed by atoms with van der Waals surface area (Å²) in [5.41, 5.74) is 8.58. The number of azo groups is 1. The van der Waals surface area contributed by atoms with E-state index < -0.39 is 0 Å². The van der Waals surface area contributed by atoms with Crippen molar-refractivity contribution in [2.45, 2.75) is 0 Å². The lowest BCUT2D eigenvalue weighted by Crippen LogP contribution is -2.53. The van der Waals surface area contributed by atoms with Crippen molar-refractivity contribution in [2.75, 3.05) is 57.5 Å². The third-order valence-corrected chi connectivity index (χ3v) is 6.08. The van der Waals surface area contributed by atoms with Gasteiger partial charge >= 0.3 is 6.03 Å². The van der Waals surface area contributed by atoms with Gasteiger partial charge in [-0.15, -0.1) is 10.2 Å². The SMILES string of the molecule is CN1CCN(NC(=O)Nc2cccc3c2=CC2=C(c4ccc(N(C)C)cc4)N=NC=32)CC1. The van der Waals surface area contributed by atoms with E-state index in [1.165, 1.54) is 0 Å². The van der Waals surface area contributed by atoms with Crippen LogP contribution in [0, 0.1) is 0 Å². The van der Waals surface area contributed by atoms with Crippen molar-refractivity contribution in [1.82, 2.24) is 15.3 Å². The average Bonchev–Trinajstić information content (AvgIpc) is 3.36. The number of carbonyl (C=O) groups is 1. The molecule has 1 saturated heterocycles. The van der Waals surface area contributed by atoms with E-state index in [0.717, 1.165) is 70.5 Å². The van der Waals surface area contributed by atoms with Gasteiger partial charge in [-0.05, 0) is 31.3 Å². The number of nitrogens with one attached hydrogen (secondary N) is 2. The van der Waals surface area contributed by atoms with Gasteiger partial charge in [0.2, 0.25) is 0 Å². The Morgan fingerprint density at radius 1 is 0.969 bits per heavy atom. The van der Waals surface area contributed by atoms with Crippen LogP contribution in [0.15, 0.2) is 58.3 Å². The number of hydrogen-bond donors (Lipinski definition) is 2. The van der Waals surface area contributed by atoms with Crippen molar-refractivity contribution < 1.29 is 4.79 Å². The van der Waals surface area contributed by atoms with Crippen LogP contribution in [0.5, 0.6) is 0 Å². The predicted molar refractivity (Wildman–Crippen MR) is 127 cm³/mol. The first-order chi connectivity index (χ1) is 15.5. The molecule has 8 nitrogen and oxygen atoms in total. The zero-order valence-corrected chi connectivity index (χ0v) is 18.6. The number of urea groups is 1. The largest absolute Gasteiger partial charge is 0.378 e. The van der Waals surface area contributed by atoms with E-state index in [9.17, 15) is 4.79 Å². The van der Waals surface area contributed by atoms with E-state index in [-0.39, 0.29) is 6.03 Å². The summed E-state index contributed by atoms with van der Waals surface area (Å²) in [5.74, 6) is 0. The Kier molecular flexibility index (Phi) is 5.24. The molecule has 0 spiro atoms. The number of amides is 2. The van der Waals surface area contributed by atoms with Gasteiger partial charge in [-0.1, -0.05) is 24.3 Å². The normalized spacial score (nSPS) is 17.8. The molecule has 32 heavy (non-hydrogen) atoms. The third-order valence-electron chi connectivity index (χ3n) is 6.08. The molecule has 0 bridgehead atoms. The number of fused-ring (bicyclic) bond motifs is 2. The molecule has 2 aliphatic heterocycles. The molecule has 2 heterocycles. The molecule has 0 atom stereocenters. The maximum atomic E-state index is 12.6. The van der Waals surface area contributed by atoms with Crippen molar-refractivity contribution in [3.8, 4) is 0 Å². The number of nitrogens with zero attached hydrogens (tertiary/aromatic N) is 5. The first-order valence-corrected chi connectivity index (χ1v) is 10.8. The minimum absolute atomic E-state index is 0.228. The Morgan fingerprint density at radius 2 is 1.69 bits per heavy atom. The van der Waals surface area contributed by atoms with Crippen LogP contribution in [0.25, 0.3) is 17.5 Å². The zero-order valence-electron chi connectivity index (χ0n) is 18.6. The lowest BCUT2D eigenvalue weighted by molar-refractivity contribution is 0.116. The van der Waals surface area contributed by atoms with Gasteiger partial charge in [-0.3, -0.25) is 5.43 Å². The molecule has 1 fully saturated rings. The molecular weight excluding hydrogens is 402 g/mol. The van der Waals surface area contributed by atoms with Crippen molar-refractivity contribution in [1.29, 1.82) is 0 Å². The highest BCUT2D eigenvalue weighted by molar-refractivity contribution is 5.98. The minimum Gasteiger partial charge on any atom is -0.378 e. The Morgan fingerprint density at radius 3 is 2.41 bits per heavy atom. The maximum Gasteiger partial charge on any atom is 0.333 e. The summed E-state index contributed by atoms with van der Waals surface area (Å²) in [6.07, 6.45) is 2.07. The molecule has 2 aromatic rings. The number of hydrogen-bond acceptors (Lipinski definition) is 6. The summed E-state index contributed by atoms with van der Waals surface area (Å²) in [6, 6.07) is 13.9. The summed E-state index contributed by atoms with van der Waals surface area (Å²) >= 11 is 0. The van der Waals surface area contributed by atoms with E-state index in [1.54, 1.807) is 0 Å². The molecular formula is C24H27N7O. The van der Waals surface area contributed by atoms with Gasteiger partial charge in [0.05, 0.1) is 5.69 Å². The molecule has 8 heteroatoms. The molecule has 0 saturated carbocycles. The van der Waals surface area contributed by atoms with Gasteiger partial charge < -0.3 is 15.1 Å². The number of piperazine rings is 1. The number of likely N-dealkylation sites (N-methyl/N-ethyl adjacent to an activating group) is 1. The van der Waals surface area contributed by atoms with Crippen LogP contribution in [0.3, 0.4) is 0 Å². The second-order valence-electron chi connectivity index (χ2n) is 8.52. The highest BCUT2D eigenvalue weighted by atomic mass is 16.2. The molecule has 0 radical (unpaired) electrons. The monoisotopic (exact) mass is 429 g/mol. The van der Waals surface area contributed by atoms with E-state index in [2.05, 4.69) is 68.2 Å². The fourth-order valence-electron chi connectivity index (χ4n) is 4.18. The lowest BCUT2D eigenvalue weighted by atomic mass is 10.1. The first kappa shape index (κ1) is 20.4. The summed E-state index contributed by atoms with van der Waals surface area (Å²) in [4.78, 5) is 16.9. The lowest BCUT2D eigenvalue weighted by Gasteiger charge is -2.32. The van der Waals surface area contributed by atoms with Crippen LogP contribution in [-0.4, -0.2) is 63.3 Å². The number of carbonyl (C=O) groups excluding carboxylic acids is 1. The molecule has 2 amide bonds. The van der Waals surface area contributed by atoms with E-state index >= 15 is 0 Å². The molecule has 5 rings (SSSR count). The van der Waals surface area contributed by atoms with Gasteiger partial charge in [0, 0.05) is 67.5 Å². The van der Waals surface area contributed by atoms with Crippen LogP contribution >= 0.6 is 0 Å². The van der Waals surface area contributed by atoms with Gasteiger partial charge in [0.1, 0.15) is 11.4 Å². The second kappa shape index (κ2) is 8.22. The number of benzene rings is 2. The second-order valence-corrected chi connectivity index (χ2v) is 8.52. The number of anilines is 2. The molecule has 0 aromatic heterocycles. The Balaban J connectivity index is 1.41. The van der Waals surface area contributed by atoms with Crippen molar-refractivity contribution >= 4 is 34.9 Å². The summed E-state index contributed by atoms with van der Waals surface area (Å²) in [7, 11) is 6.13. The van der Waals surface area contributed by atoms with Crippen molar-refractivity contribution in [3.63, 3.8) is 0 Å². The Hall–Kier alpha value is -3.49. The summed E-state index contributed by atoms with van der Waals surface area (Å²) < 4.78 is 0. The summed E-state index contributed by atoms with van der Waals surface area (Å²) in [5, 5.41) is 15.8. The van der Waals surface area contributed by atoms with Gasteiger partial charge in [0.25, 0.3) is 0 Å². The maximum absolute atomic E-state index is 12.6. The molecule has 1 aliphatic carbocycles. The van der Waals surface area contributed by atoms with Crippen molar-refractivity contribution in [2.24, 2.45) is 10.2 Å². The van der Waals surface area contributed by atoms with Gasteiger partial charge in [0.15, 0.2) is 0 Å². The van der Waals surface area contributed by atoms with E-state index in [0.29, 0.717) is 0 Å². The van der Waals surface area contributed by atoms with Gasteiger partial charge in [-0.25, -0.2) is 9.80 Å². The fourth-order valence-corrected chi connectivity index (χ4v) is 4.18. The van der Waals surface area contributed by atoms with Crippen LogP contribution < -0.4 is 26.1 Å². The Bertz CT molecular complexity index is 1240. The van der Waals surface area contributed by atoms with Gasteiger partial charge in [-0.2, -0.15) is 0 Å². The van der Waals surface area contributed by atoms with Crippen LogP contribution in [0.1, 0.15) is 5.56 Å². The highest BCUT2D eigenvalue weighted by Crippen LogP contribution is 2.35. The quantitative estimate of drug-likeness (QED) is 0.778. The molecule has 2 N–H and O–H groups in total. The smallest absolute Gasteiger partial charge is 0.333 e. The number of rotatable bonds is 4. The predicted octanol–water partition coefficient (Wildman–Crippen LogP) is 1.82. The van der Waals surface area contributed by atoms with Crippen LogP contribution in [0.4, 0.5) is 16.2 Å². The van der Waals surface area contributed by atoms with E-state index in [4.69, 9.17) is 0 Å². The molecule has 2 aromatic carbocycles. The number of hydrazine groups is 1. The van der Waals surface area contributed by atoms with Crippen molar-refractivity contribution in [3.05, 3.63) is 64.0 Å². The topological polar surface area (TPSA) is 75.6 Å². The van der Waals surface area contributed by atoms with E-state index in [1.807, 2.05) is 37.3 Å². The fraction of sp³-hybridized carbons (Fsp3) is 0.292. The summed E-state index contributed by atoms with van der Waals surface area (Å²) in [6.45, 7) is 3.49. The third kappa shape index (κ3) is 3.79.